The minimum atomic E-state index is -0.828. The van der Waals surface area contributed by atoms with Crippen LogP contribution in [0.3, 0.4) is 0 Å². The van der Waals surface area contributed by atoms with Gasteiger partial charge in [0, 0.05) is 0 Å². The molecule has 0 radical (unpaired) electrons. The summed E-state index contributed by atoms with van der Waals surface area (Å²) in [7, 11) is 0. The molecule has 0 aliphatic heterocycles. The second-order valence-corrected chi connectivity index (χ2v) is 7.94. The summed E-state index contributed by atoms with van der Waals surface area (Å²) in [5.41, 5.74) is 7.55. The molecule has 0 aliphatic rings. The van der Waals surface area contributed by atoms with E-state index in [1.807, 2.05) is 24.3 Å². The number of aryl methyl sites for hydroxylation is 1. The molecule has 4 aromatic carbocycles. The third-order valence-electron chi connectivity index (χ3n) is 5.71. The van der Waals surface area contributed by atoms with Crippen molar-refractivity contribution in [2.45, 2.75) is 32.6 Å². The SMILES string of the molecule is CCCCCc1ccc(-c2ccc(-c3ccc(-c4ccc(F)c(F)c4)cc3)cc2)cc1. The normalized spacial score (nSPS) is 10.9. The second kappa shape index (κ2) is 9.70. The molecule has 0 atom stereocenters. The van der Waals surface area contributed by atoms with Gasteiger partial charge in [-0.15, -0.1) is 0 Å². The fourth-order valence-corrected chi connectivity index (χ4v) is 3.83. The van der Waals surface area contributed by atoms with Crippen molar-refractivity contribution in [3.05, 3.63) is 108 Å². The molecular formula is C29H26F2. The Morgan fingerprint density at radius 1 is 0.484 bits per heavy atom. The van der Waals surface area contributed by atoms with Gasteiger partial charge in [0.05, 0.1) is 0 Å². The fraction of sp³-hybridized carbons (Fsp3) is 0.172. The van der Waals surface area contributed by atoms with Crippen LogP contribution in [0, 0.1) is 11.6 Å². The van der Waals surface area contributed by atoms with Crippen molar-refractivity contribution in [3.63, 3.8) is 0 Å². The summed E-state index contributed by atoms with van der Waals surface area (Å²) in [6.07, 6.45) is 4.93. The smallest absolute Gasteiger partial charge is 0.159 e. The lowest BCUT2D eigenvalue weighted by molar-refractivity contribution is 0.509. The van der Waals surface area contributed by atoms with Crippen LogP contribution in [0.5, 0.6) is 0 Å². The van der Waals surface area contributed by atoms with Gasteiger partial charge in [-0.3, -0.25) is 0 Å². The Bertz CT molecular complexity index is 1120. The van der Waals surface area contributed by atoms with Gasteiger partial charge in [0.1, 0.15) is 0 Å². The van der Waals surface area contributed by atoms with Gasteiger partial charge in [-0.2, -0.15) is 0 Å². The predicted molar refractivity (Wildman–Crippen MR) is 126 cm³/mol. The van der Waals surface area contributed by atoms with E-state index >= 15 is 0 Å². The molecule has 4 rings (SSSR count). The van der Waals surface area contributed by atoms with Crippen LogP contribution >= 0.6 is 0 Å². The molecule has 0 aromatic heterocycles. The van der Waals surface area contributed by atoms with Gasteiger partial charge < -0.3 is 0 Å². The summed E-state index contributed by atoms with van der Waals surface area (Å²) < 4.78 is 26.7. The second-order valence-electron chi connectivity index (χ2n) is 7.94. The van der Waals surface area contributed by atoms with Crippen LogP contribution in [0.4, 0.5) is 8.78 Å². The van der Waals surface area contributed by atoms with Crippen LogP contribution < -0.4 is 0 Å². The molecule has 0 heterocycles. The van der Waals surface area contributed by atoms with Gasteiger partial charge >= 0.3 is 0 Å². The highest BCUT2D eigenvalue weighted by atomic mass is 19.2. The molecule has 0 amide bonds. The highest BCUT2D eigenvalue weighted by Crippen LogP contribution is 2.28. The number of hydrogen-bond donors (Lipinski definition) is 0. The van der Waals surface area contributed by atoms with Gasteiger partial charge in [0.15, 0.2) is 11.6 Å². The van der Waals surface area contributed by atoms with Gasteiger partial charge in [0.2, 0.25) is 0 Å². The van der Waals surface area contributed by atoms with Crippen molar-refractivity contribution in [1.82, 2.24) is 0 Å². The lowest BCUT2D eigenvalue weighted by atomic mass is 9.97. The zero-order valence-corrected chi connectivity index (χ0v) is 17.7. The molecule has 2 heteroatoms. The Hall–Kier alpha value is -3.26. The molecule has 0 fully saturated rings. The monoisotopic (exact) mass is 412 g/mol. The number of hydrogen-bond acceptors (Lipinski definition) is 0. The van der Waals surface area contributed by atoms with Crippen LogP contribution in [-0.4, -0.2) is 0 Å². The minimum absolute atomic E-state index is 0.666. The minimum Gasteiger partial charge on any atom is -0.204 e. The summed E-state index contributed by atoms with van der Waals surface area (Å²) in [4.78, 5) is 0. The summed E-state index contributed by atoms with van der Waals surface area (Å²) >= 11 is 0. The summed E-state index contributed by atoms with van der Waals surface area (Å²) in [5, 5.41) is 0. The first-order chi connectivity index (χ1) is 15.1. The molecule has 0 nitrogen and oxygen atoms in total. The first kappa shape index (κ1) is 21.0. The number of benzene rings is 4. The van der Waals surface area contributed by atoms with E-state index in [1.54, 1.807) is 6.07 Å². The first-order valence-electron chi connectivity index (χ1n) is 10.9. The zero-order chi connectivity index (χ0) is 21.6. The Kier molecular flexibility index (Phi) is 6.57. The average Bonchev–Trinajstić information content (AvgIpc) is 2.82. The van der Waals surface area contributed by atoms with Crippen molar-refractivity contribution in [3.8, 4) is 33.4 Å². The van der Waals surface area contributed by atoms with Crippen molar-refractivity contribution in [2.75, 3.05) is 0 Å². The van der Waals surface area contributed by atoms with E-state index in [1.165, 1.54) is 42.0 Å². The predicted octanol–water partition coefficient (Wildman–Crippen LogP) is 8.70. The van der Waals surface area contributed by atoms with Crippen molar-refractivity contribution < 1.29 is 8.78 Å². The highest BCUT2D eigenvalue weighted by molar-refractivity contribution is 5.73. The molecule has 0 unspecified atom stereocenters. The molecule has 156 valence electrons. The highest BCUT2D eigenvalue weighted by Gasteiger charge is 2.06. The van der Waals surface area contributed by atoms with Crippen LogP contribution in [-0.2, 0) is 6.42 Å². The third kappa shape index (κ3) is 5.08. The molecule has 0 saturated carbocycles. The number of halogens is 2. The van der Waals surface area contributed by atoms with Crippen LogP contribution in [0.25, 0.3) is 33.4 Å². The fourth-order valence-electron chi connectivity index (χ4n) is 3.83. The maximum Gasteiger partial charge on any atom is 0.159 e. The van der Waals surface area contributed by atoms with E-state index in [0.717, 1.165) is 29.2 Å². The van der Waals surface area contributed by atoms with E-state index < -0.39 is 11.6 Å². The number of rotatable bonds is 7. The Balaban J connectivity index is 1.47. The summed E-state index contributed by atoms with van der Waals surface area (Å²) in [6.45, 7) is 2.23. The molecule has 0 spiro atoms. The Labute approximate surface area is 183 Å². The van der Waals surface area contributed by atoms with Crippen LogP contribution in [0.2, 0.25) is 0 Å². The van der Waals surface area contributed by atoms with Gasteiger partial charge in [-0.05, 0) is 63.9 Å². The standard InChI is InChI=1S/C29H26F2/c1-2-3-4-5-21-6-8-22(9-7-21)23-10-12-24(13-11-23)25-14-16-26(17-15-25)27-18-19-28(30)29(31)20-27/h6-20H,2-5H2,1H3. The van der Waals surface area contributed by atoms with E-state index in [2.05, 4.69) is 55.5 Å². The Morgan fingerprint density at radius 3 is 1.35 bits per heavy atom. The van der Waals surface area contributed by atoms with E-state index in [9.17, 15) is 8.78 Å². The van der Waals surface area contributed by atoms with Gasteiger partial charge in [-0.1, -0.05) is 98.6 Å². The molecule has 0 bridgehead atoms. The topological polar surface area (TPSA) is 0 Å². The first-order valence-corrected chi connectivity index (χ1v) is 10.9. The number of unbranched alkanes of at least 4 members (excludes halogenated alkanes) is 2. The summed E-state index contributed by atoms with van der Waals surface area (Å²) in [5.74, 6) is -1.65. The zero-order valence-electron chi connectivity index (χ0n) is 17.7. The summed E-state index contributed by atoms with van der Waals surface area (Å²) in [6, 6.07) is 29.3. The maximum atomic E-state index is 13.5. The van der Waals surface area contributed by atoms with Gasteiger partial charge in [-0.25, -0.2) is 8.78 Å². The van der Waals surface area contributed by atoms with Crippen LogP contribution in [0.15, 0.2) is 91.0 Å². The quantitative estimate of drug-likeness (QED) is 0.266. The maximum absolute atomic E-state index is 13.5. The lowest BCUT2D eigenvalue weighted by Gasteiger charge is -2.08. The Morgan fingerprint density at radius 2 is 0.903 bits per heavy atom. The third-order valence-corrected chi connectivity index (χ3v) is 5.71. The molecule has 31 heavy (non-hydrogen) atoms. The van der Waals surface area contributed by atoms with Gasteiger partial charge in [0.25, 0.3) is 0 Å². The van der Waals surface area contributed by atoms with E-state index in [4.69, 9.17) is 0 Å². The molecule has 0 N–H and O–H groups in total. The van der Waals surface area contributed by atoms with E-state index in [-0.39, 0.29) is 0 Å². The van der Waals surface area contributed by atoms with E-state index in [0.29, 0.717) is 5.56 Å². The van der Waals surface area contributed by atoms with Crippen LogP contribution in [0.1, 0.15) is 31.7 Å². The molecule has 0 aliphatic carbocycles. The molecule has 0 saturated heterocycles. The average molecular weight is 413 g/mol. The largest absolute Gasteiger partial charge is 0.204 e. The molecular weight excluding hydrogens is 386 g/mol. The van der Waals surface area contributed by atoms with Crippen molar-refractivity contribution in [2.24, 2.45) is 0 Å². The molecule has 4 aromatic rings. The van der Waals surface area contributed by atoms with Crippen molar-refractivity contribution >= 4 is 0 Å². The lowest BCUT2D eigenvalue weighted by Crippen LogP contribution is -1.87. The van der Waals surface area contributed by atoms with Crippen molar-refractivity contribution in [1.29, 1.82) is 0 Å².